The first-order valence-corrected chi connectivity index (χ1v) is 6.70. The van der Waals surface area contributed by atoms with Gasteiger partial charge < -0.3 is 10.4 Å². The minimum atomic E-state index is -0.424. The van der Waals surface area contributed by atoms with Crippen LogP contribution in [0.2, 0.25) is 0 Å². The standard InChI is InChI=1S/C14H17NOS/c1-11(12-5-3-2-4-6-12)15-9-14(16)13-7-8-17-10-13/h2-8,10-11,14-16H,9H2,1H3. The van der Waals surface area contributed by atoms with Gasteiger partial charge in [0.25, 0.3) is 0 Å². The Morgan fingerprint density at radius 2 is 1.94 bits per heavy atom. The molecule has 0 aliphatic heterocycles. The van der Waals surface area contributed by atoms with Crippen LogP contribution in [-0.4, -0.2) is 11.7 Å². The fourth-order valence-electron chi connectivity index (χ4n) is 1.73. The van der Waals surface area contributed by atoms with Crippen molar-refractivity contribution >= 4 is 11.3 Å². The smallest absolute Gasteiger partial charge is 0.0922 e. The first-order chi connectivity index (χ1) is 8.27. The molecule has 2 rings (SSSR count). The fraction of sp³-hybridized carbons (Fsp3) is 0.286. The Balaban J connectivity index is 1.86. The molecule has 17 heavy (non-hydrogen) atoms. The number of aliphatic hydroxyl groups is 1. The topological polar surface area (TPSA) is 32.3 Å². The van der Waals surface area contributed by atoms with Gasteiger partial charge in [-0.15, -0.1) is 0 Å². The maximum atomic E-state index is 9.95. The van der Waals surface area contributed by atoms with Crippen molar-refractivity contribution in [1.82, 2.24) is 5.32 Å². The van der Waals surface area contributed by atoms with Crippen LogP contribution in [0.4, 0.5) is 0 Å². The number of hydrogen-bond donors (Lipinski definition) is 2. The third kappa shape index (κ3) is 3.40. The van der Waals surface area contributed by atoms with Gasteiger partial charge in [0.05, 0.1) is 6.10 Å². The molecule has 0 fully saturated rings. The number of rotatable bonds is 5. The highest BCUT2D eigenvalue weighted by Gasteiger charge is 2.10. The molecular weight excluding hydrogens is 230 g/mol. The molecule has 2 unspecified atom stereocenters. The number of nitrogens with one attached hydrogen (secondary N) is 1. The van der Waals surface area contributed by atoms with E-state index in [9.17, 15) is 5.11 Å². The second-order valence-electron chi connectivity index (χ2n) is 4.11. The van der Waals surface area contributed by atoms with Gasteiger partial charge in [-0.25, -0.2) is 0 Å². The SMILES string of the molecule is CC(NCC(O)c1ccsc1)c1ccccc1. The van der Waals surface area contributed by atoms with Crippen LogP contribution < -0.4 is 5.32 Å². The molecule has 1 aromatic heterocycles. The van der Waals surface area contributed by atoms with Crippen LogP contribution in [0.3, 0.4) is 0 Å². The van der Waals surface area contributed by atoms with Gasteiger partial charge in [-0.1, -0.05) is 30.3 Å². The van der Waals surface area contributed by atoms with E-state index in [-0.39, 0.29) is 6.04 Å². The minimum absolute atomic E-state index is 0.254. The largest absolute Gasteiger partial charge is 0.387 e. The Bertz CT molecular complexity index is 427. The Labute approximate surface area is 106 Å². The van der Waals surface area contributed by atoms with Gasteiger partial charge in [-0.2, -0.15) is 11.3 Å². The van der Waals surface area contributed by atoms with Crippen molar-refractivity contribution in [2.75, 3.05) is 6.54 Å². The van der Waals surface area contributed by atoms with Crippen LogP contribution in [0.15, 0.2) is 47.2 Å². The summed E-state index contributed by atoms with van der Waals surface area (Å²) < 4.78 is 0. The van der Waals surface area contributed by atoms with Gasteiger partial charge in [0.15, 0.2) is 0 Å². The van der Waals surface area contributed by atoms with Crippen LogP contribution in [0.1, 0.15) is 30.2 Å². The van der Waals surface area contributed by atoms with Crippen LogP contribution in [-0.2, 0) is 0 Å². The van der Waals surface area contributed by atoms with E-state index in [1.807, 2.05) is 35.0 Å². The first-order valence-electron chi connectivity index (χ1n) is 5.76. The van der Waals surface area contributed by atoms with Crippen LogP contribution >= 0.6 is 11.3 Å². The van der Waals surface area contributed by atoms with Crippen molar-refractivity contribution in [3.8, 4) is 0 Å². The van der Waals surface area contributed by atoms with E-state index in [1.54, 1.807) is 11.3 Å². The van der Waals surface area contributed by atoms with Crippen LogP contribution in [0.25, 0.3) is 0 Å². The highest BCUT2D eigenvalue weighted by molar-refractivity contribution is 7.07. The number of benzene rings is 1. The Morgan fingerprint density at radius 3 is 2.59 bits per heavy atom. The zero-order chi connectivity index (χ0) is 12.1. The molecule has 1 aromatic carbocycles. The summed E-state index contributed by atoms with van der Waals surface area (Å²) in [4.78, 5) is 0. The Kier molecular flexibility index (Phi) is 4.31. The number of hydrogen-bond acceptors (Lipinski definition) is 3. The molecule has 2 aromatic rings. The molecule has 90 valence electrons. The average Bonchev–Trinajstić information content (AvgIpc) is 2.90. The maximum Gasteiger partial charge on any atom is 0.0922 e. The van der Waals surface area contributed by atoms with Gasteiger partial charge in [0.1, 0.15) is 0 Å². The minimum Gasteiger partial charge on any atom is -0.387 e. The van der Waals surface area contributed by atoms with E-state index in [4.69, 9.17) is 0 Å². The van der Waals surface area contributed by atoms with Crippen molar-refractivity contribution in [2.24, 2.45) is 0 Å². The molecule has 0 amide bonds. The molecule has 0 saturated carbocycles. The zero-order valence-electron chi connectivity index (χ0n) is 9.84. The van der Waals surface area contributed by atoms with Crippen molar-refractivity contribution < 1.29 is 5.11 Å². The van der Waals surface area contributed by atoms with E-state index in [1.165, 1.54) is 5.56 Å². The molecular formula is C14H17NOS. The van der Waals surface area contributed by atoms with Crippen LogP contribution in [0.5, 0.6) is 0 Å². The molecule has 2 nitrogen and oxygen atoms in total. The maximum absolute atomic E-state index is 9.95. The summed E-state index contributed by atoms with van der Waals surface area (Å²) in [6.45, 7) is 2.68. The summed E-state index contributed by atoms with van der Waals surface area (Å²) in [5.41, 5.74) is 2.23. The molecule has 3 heteroatoms. The highest BCUT2D eigenvalue weighted by Crippen LogP contribution is 2.17. The summed E-state index contributed by atoms with van der Waals surface area (Å²) in [6, 6.07) is 12.5. The lowest BCUT2D eigenvalue weighted by molar-refractivity contribution is 0.171. The molecule has 1 heterocycles. The van der Waals surface area contributed by atoms with Gasteiger partial charge in [0, 0.05) is 12.6 Å². The van der Waals surface area contributed by atoms with Gasteiger partial charge in [-0.05, 0) is 34.9 Å². The molecule has 0 bridgehead atoms. The van der Waals surface area contributed by atoms with E-state index < -0.39 is 6.10 Å². The van der Waals surface area contributed by atoms with Crippen molar-refractivity contribution in [2.45, 2.75) is 19.1 Å². The highest BCUT2D eigenvalue weighted by atomic mass is 32.1. The molecule has 2 N–H and O–H groups in total. The predicted octanol–water partition coefficient (Wildman–Crippen LogP) is 3.13. The molecule has 0 radical (unpaired) electrons. The van der Waals surface area contributed by atoms with Crippen molar-refractivity contribution in [1.29, 1.82) is 0 Å². The normalized spacial score (nSPS) is 14.5. The molecule has 0 saturated heterocycles. The lowest BCUT2D eigenvalue weighted by atomic mass is 10.1. The Hall–Kier alpha value is -1.16. The summed E-state index contributed by atoms with van der Waals surface area (Å²) >= 11 is 1.61. The fourth-order valence-corrected chi connectivity index (χ4v) is 2.44. The lowest BCUT2D eigenvalue weighted by Gasteiger charge is -2.17. The molecule has 0 spiro atoms. The monoisotopic (exact) mass is 247 g/mol. The molecule has 0 aliphatic carbocycles. The van der Waals surface area contributed by atoms with Crippen LogP contribution in [0, 0.1) is 0 Å². The molecule has 2 atom stereocenters. The second kappa shape index (κ2) is 5.96. The van der Waals surface area contributed by atoms with E-state index in [0.29, 0.717) is 6.54 Å². The summed E-state index contributed by atoms with van der Waals surface area (Å²) in [6.07, 6.45) is -0.424. The Morgan fingerprint density at radius 1 is 1.18 bits per heavy atom. The predicted molar refractivity (Wildman–Crippen MR) is 72.1 cm³/mol. The van der Waals surface area contributed by atoms with Gasteiger partial charge in [0.2, 0.25) is 0 Å². The van der Waals surface area contributed by atoms with Gasteiger partial charge in [-0.3, -0.25) is 0 Å². The third-order valence-electron chi connectivity index (χ3n) is 2.84. The first kappa shape index (κ1) is 12.3. The van der Waals surface area contributed by atoms with Crippen molar-refractivity contribution in [3.63, 3.8) is 0 Å². The third-order valence-corrected chi connectivity index (χ3v) is 3.55. The van der Waals surface area contributed by atoms with E-state index in [2.05, 4.69) is 24.4 Å². The summed E-state index contributed by atoms with van der Waals surface area (Å²) in [5, 5.41) is 17.3. The number of thiophene rings is 1. The number of aliphatic hydroxyl groups excluding tert-OH is 1. The summed E-state index contributed by atoms with van der Waals surface area (Å²) in [7, 11) is 0. The van der Waals surface area contributed by atoms with E-state index in [0.717, 1.165) is 5.56 Å². The van der Waals surface area contributed by atoms with Gasteiger partial charge >= 0.3 is 0 Å². The summed E-state index contributed by atoms with van der Waals surface area (Å²) in [5.74, 6) is 0. The average molecular weight is 247 g/mol. The quantitative estimate of drug-likeness (QED) is 0.850. The lowest BCUT2D eigenvalue weighted by Crippen LogP contribution is -2.24. The van der Waals surface area contributed by atoms with E-state index >= 15 is 0 Å². The molecule has 0 aliphatic rings. The zero-order valence-corrected chi connectivity index (χ0v) is 10.7. The second-order valence-corrected chi connectivity index (χ2v) is 4.89. The van der Waals surface area contributed by atoms with Crippen molar-refractivity contribution in [3.05, 3.63) is 58.3 Å².